The zero-order valence-corrected chi connectivity index (χ0v) is 11.1. The molecule has 1 aliphatic rings. The molecular weight excluding hydrogens is 255 g/mol. The van der Waals surface area contributed by atoms with Crippen molar-refractivity contribution in [1.82, 2.24) is 9.62 Å². The van der Waals surface area contributed by atoms with E-state index in [2.05, 4.69) is 5.32 Å². The molecule has 1 fully saturated rings. The maximum Gasteiger partial charge on any atom is 0.218 e. The third-order valence-corrected chi connectivity index (χ3v) is 5.43. The van der Waals surface area contributed by atoms with E-state index in [-0.39, 0.29) is 17.6 Å². The van der Waals surface area contributed by atoms with Gasteiger partial charge >= 0.3 is 0 Å². The first-order chi connectivity index (χ1) is 8.50. The maximum atomic E-state index is 12.8. The number of benzene rings is 1. The van der Waals surface area contributed by atoms with E-state index in [0.29, 0.717) is 13.0 Å². The van der Waals surface area contributed by atoms with Gasteiger partial charge in [0.1, 0.15) is 5.82 Å². The van der Waals surface area contributed by atoms with Crippen LogP contribution in [0.1, 0.15) is 12.0 Å². The van der Waals surface area contributed by atoms with Crippen LogP contribution in [0.3, 0.4) is 0 Å². The van der Waals surface area contributed by atoms with Crippen LogP contribution < -0.4 is 5.32 Å². The van der Waals surface area contributed by atoms with Gasteiger partial charge in [-0.1, -0.05) is 12.1 Å². The molecule has 1 unspecified atom stereocenters. The first kappa shape index (κ1) is 13.5. The summed E-state index contributed by atoms with van der Waals surface area (Å²) in [6.07, 6.45) is 0.649. The quantitative estimate of drug-likeness (QED) is 0.888. The van der Waals surface area contributed by atoms with Crippen LogP contribution in [0, 0.1) is 5.82 Å². The van der Waals surface area contributed by atoms with Crippen molar-refractivity contribution in [3.63, 3.8) is 0 Å². The molecule has 1 N–H and O–H groups in total. The minimum atomic E-state index is -3.27. The van der Waals surface area contributed by atoms with Crippen molar-refractivity contribution >= 4 is 10.0 Å². The molecule has 1 aliphatic heterocycles. The Morgan fingerprint density at radius 2 is 2.06 bits per heavy atom. The Morgan fingerprint density at radius 1 is 1.39 bits per heavy atom. The Kier molecular flexibility index (Phi) is 3.99. The second-order valence-corrected chi connectivity index (χ2v) is 6.86. The first-order valence-electron chi connectivity index (χ1n) is 5.90. The lowest BCUT2D eigenvalue weighted by molar-refractivity contribution is 0.456. The van der Waals surface area contributed by atoms with Crippen LogP contribution in [-0.2, 0) is 16.6 Å². The number of sulfonamides is 1. The lowest BCUT2D eigenvalue weighted by atomic mass is 10.2. The standard InChI is InChI=1S/C12H17FN2O2S/c1-15(9-10-2-4-11(13)5-3-10)18(16,17)12-6-7-14-8-12/h2-5,12,14H,6-9H2,1H3. The summed E-state index contributed by atoms with van der Waals surface area (Å²) in [5.74, 6) is -0.316. The van der Waals surface area contributed by atoms with Gasteiger partial charge in [0.25, 0.3) is 0 Å². The molecule has 1 atom stereocenters. The molecule has 0 aliphatic carbocycles. The average Bonchev–Trinajstić information content (AvgIpc) is 2.86. The maximum absolute atomic E-state index is 12.8. The zero-order chi connectivity index (χ0) is 13.2. The molecule has 0 aromatic heterocycles. The van der Waals surface area contributed by atoms with Crippen LogP contribution in [0.15, 0.2) is 24.3 Å². The normalized spacial score (nSPS) is 20.5. The number of hydrogen-bond donors (Lipinski definition) is 1. The summed E-state index contributed by atoms with van der Waals surface area (Å²) in [6.45, 7) is 1.53. The molecule has 0 saturated carbocycles. The highest BCUT2D eigenvalue weighted by molar-refractivity contribution is 7.89. The average molecular weight is 272 g/mol. The SMILES string of the molecule is CN(Cc1ccc(F)cc1)S(=O)(=O)C1CCNC1. The summed E-state index contributed by atoms with van der Waals surface area (Å²) >= 11 is 0. The number of nitrogens with one attached hydrogen (secondary N) is 1. The summed E-state index contributed by atoms with van der Waals surface area (Å²) in [4.78, 5) is 0. The largest absolute Gasteiger partial charge is 0.315 e. The van der Waals surface area contributed by atoms with Crippen LogP contribution in [0.25, 0.3) is 0 Å². The fourth-order valence-corrected chi connectivity index (χ4v) is 3.66. The first-order valence-corrected chi connectivity index (χ1v) is 7.41. The summed E-state index contributed by atoms with van der Waals surface area (Å²) in [7, 11) is -1.70. The molecule has 0 amide bonds. The van der Waals surface area contributed by atoms with Gasteiger partial charge in [0.2, 0.25) is 10.0 Å². The third-order valence-electron chi connectivity index (χ3n) is 3.19. The van der Waals surface area contributed by atoms with Crippen LogP contribution in [-0.4, -0.2) is 38.1 Å². The molecular formula is C12H17FN2O2S. The molecule has 1 heterocycles. The molecule has 6 heteroatoms. The van der Waals surface area contributed by atoms with Crippen molar-refractivity contribution in [2.75, 3.05) is 20.1 Å². The van der Waals surface area contributed by atoms with Gasteiger partial charge in [0.05, 0.1) is 5.25 Å². The van der Waals surface area contributed by atoms with E-state index in [9.17, 15) is 12.8 Å². The number of rotatable bonds is 4. The van der Waals surface area contributed by atoms with Crippen molar-refractivity contribution in [2.45, 2.75) is 18.2 Å². The van der Waals surface area contributed by atoms with Crippen molar-refractivity contribution in [3.05, 3.63) is 35.6 Å². The van der Waals surface area contributed by atoms with E-state index in [0.717, 1.165) is 12.1 Å². The summed E-state index contributed by atoms with van der Waals surface area (Å²) in [5.41, 5.74) is 0.786. The predicted octanol–water partition coefficient (Wildman–Crippen LogP) is 0.949. The van der Waals surface area contributed by atoms with Crippen LogP contribution in [0.5, 0.6) is 0 Å². The minimum absolute atomic E-state index is 0.277. The van der Waals surface area contributed by atoms with E-state index in [1.807, 2.05) is 0 Å². The third kappa shape index (κ3) is 2.88. The second kappa shape index (κ2) is 5.34. The van der Waals surface area contributed by atoms with E-state index < -0.39 is 10.0 Å². The van der Waals surface area contributed by atoms with E-state index in [1.165, 1.54) is 16.4 Å². The number of halogens is 1. The minimum Gasteiger partial charge on any atom is -0.315 e. The monoisotopic (exact) mass is 272 g/mol. The molecule has 1 saturated heterocycles. The fraction of sp³-hybridized carbons (Fsp3) is 0.500. The van der Waals surface area contributed by atoms with Crippen molar-refractivity contribution in [2.24, 2.45) is 0 Å². The summed E-state index contributed by atoms with van der Waals surface area (Å²) < 4.78 is 38.5. The van der Waals surface area contributed by atoms with E-state index in [1.54, 1.807) is 19.2 Å². The Hall–Kier alpha value is -0.980. The molecule has 18 heavy (non-hydrogen) atoms. The van der Waals surface area contributed by atoms with E-state index >= 15 is 0 Å². The molecule has 100 valence electrons. The number of nitrogens with zero attached hydrogens (tertiary/aromatic N) is 1. The topological polar surface area (TPSA) is 49.4 Å². The van der Waals surface area contributed by atoms with Gasteiger partial charge in [0, 0.05) is 20.1 Å². The van der Waals surface area contributed by atoms with Crippen molar-refractivity contribution < 1.29 is 12.8 Å². The van der Waals surface area contributed by atoms with Crippen LogP contribution in [0.4, 0.5) is 4.39 Å². The molecule has 0 radical (unpaired) electrons. The Morgan fingerprint density at radius 3 is 2.61 bits per heavy atom. The molecule has 1 aromatic carbocycles. The lowest BCUT2D eigenvalue weighted by Crippen LogP contribution is -2.36. The lowest BCUT2D eigenvalue weighted by Gasteiger charge is -2.21. The smallest absolute Gasteiger partial charge is 0.218 e. The summed E-state index contributed by atoms with van der Waals surface area (Å²) in [5, 5.41) is 2.70. The van der Waals surface area contributed by atoms with Gasteiger partial charge in [-0.05, 0) is 30.7 Å². The van der Waals surface area contributed by atoms with Crippen LogP contribution in [0.2, 0.25) is 0 Å². The zero-order valence-electron chi connectivity index (χ0n) is 10.3. The second-order valence-electron chi connectivity index (χ2n) is 4.54. The fourth-order valence-electron chi connectivity index (χ4n) is 2.07. The molecule has 4 nitrogen and oxygen atoms in total. The van der Waals surface area contributed by atoms with Gasteiger partial charge in [0.15, 0.2) is 0 Å². The summed E-state index contributed by atoms with van der Waals surface area (Å²) in [6, 6.07) is 5.89. The Balaban J connectivity index is 2.06. The van der Waals surface area contributed by atoms with E-state index in [4.69, 9.17) is 0 Å². The van der Waals surface area contributed by atoms with Crippen molar-refractivity contribution in [1.29, 1.82) is 0 Å². The highest BCUT2D eigenvalue weighted by Gasteiger charge is 2.31. The van der Waals surface area contributed by atoms with Gasteiger partial charge in [-0.2, -0.15) is 0 Å². The Labute approximate surface area is 107 Å². The highest BCUT2D eigenvalue weighted by atomic mass is 32.2. The molecule has 0 bridgehead atoms. The molecule has 2 rings (SSSR count). The highest BCUT2D eigenvalue weighted by Crippen LogP contribution is 2.16. The Bertz CT molecular complexity index is 495. The molecule has 0 spiro atoms. The van der Waals surface area contributed by atoms with Gasteiger partial charge < -0.3 is 5.32 Å². The molecule has 1 aromatic rings. The van der Waals surface area contributed by atoms with Gasteiger partial charge in [-0.3, -0.25) is 0 Å². The van der Waals surface area contributed by atoms with Crippen LogP contribution >= 0.6 is 0 Å². The number of hydrogen-bond acceptors (Lipinski definition) is 3. The van der Waals surface area contributed by atoms with Crippen molar-refractivity contribution in [3.8, 4) is 0 Å². The van der Waals surface area contributed by atoms with Gasteiger partial charge in [-0.25, -0.2) is 17.1 Å². The predicted molar refractivity (Wildman–Crippen MR) is 68.1 cm³/mol. The van der Waals surface area contributed by atoms with Gasteiger partial charge in [-0.15, -0.1) is 0 Å².